The number of methoxy groups -OCH3 is 1. The van der Waals surface area contributed by atoms with E-state index in [9.17, 15) is 4.79 Å². The Morgan fingerprint density at radius 3 is 2.94 bits per heavy atom. The average molecular weight is 216 g/mol. The Kier molecular flexibility index (Phi) is 2.29. The number of nitrogens with zero attached hydrogens (tertiary/aromatic N) is 4. The van der Waals surface area contributed by atoms with Crippen molar-refractivity contribution in [3.05, 3.63) is 23.8 Å². The van der Waals surface area contributed by atoms with Gasteiger partial charge in [0.05, 0.1) is 18.1 Å². The highest BCUT2D eigenvalue weighted by Gasteiger charge is 2.18. The predicted octanol–water partition coefficient (Wildman–Crippen LogP) is 0.627. The molecular formula is C10H8N4O2. The number of nitriles is 1. The Balaban J connectivity index is 2.86. The van der Waals surface area contributed by atoms with Crippen molar-refractivity contribution in [2.24, 2.45) is 7.05 Å². The molecule has 0 aliphatic rings. The molecule has 80 valence electrons. The Labute approximate surface area is 91.1 Å². The van der Waals surface area contributed by atoms with Gasteiger partial charge in [-0.1, -0.05) is 0 Å². The average Bonchev–Trinajstić information content (AvgIpc) is 2.65. The Morgan fingerprint density at radius 1 is 1.56 bits per heavy atom. The van der Waals surface area contributed by atoms with E-state index in [0.717, 1.165) is 0 Å². The van der Waals surface area contributed by atoms with Gasteiger partial charge in [0.1, 0.15) is 18.0 Å². The van der Waals surface area contributed by atoms with Gasteiger partial charge in [0.2, 0.25) is 0 Å². The molecule has 0 saturated heterocycles. The van der Waals surface area contributed by atoms with Crippen LogP contribution in [-0.2, 0) is 11.8 Å². The molecule has 0 atom stereocenters. The van der Waals surface area contributed by atoms with Crippen LogP contribution >= 0.6 is 0 Å². The number of carbonyl (C=O) groups excluding carboxylic acids is 1. The fourth-order valence-corrected chi connectivity index (χ4v) is 1.55. The maximum absolute atomic E-state index is 11.5. The van der Waals surface area contributed by atoms with Gasteiger partial charge < -0.3 is 9.30 Å². The number of hydrogen-bond acceptors (Lipinski definition) is 5. The van der Waals surface area contributed by atoms with E-state index >= 15 is 0 Å². The molecule has 2 rings (SSSR count). The molecule has 0 N–H and O–H groups in total. The van der Waals surface area contributed by atoms with Crippen LogP contribution in [0.1, 0.15) is 16.1 Å². The van der Waals surface area contributed by atoms with Crippen LogP contribution in [-0.4, -0.2) is 27.6 Å². The van der Waals surface area contributed by atoms with Crippen molar-refractivity contribution in [2.75, 3.05) is 7.11 Å². The number of hydrogen-bond donors (Lipinski definition) is 0. The normalized spacial score (nSPS) is 10.1. The quantitative estimate of drug-likeness (QED) is 0.653. The SMILES string of the molecule is COC(=O)c1ncnc2c1c(C#N)cn2C. The van der Waals surface area contributed by atoms with E-state index < -0.39 is 5.97 Å². The zero-order chi connectivity index (χ0) is 11.7. The van der Waals surface area contributed by atoms with Gasteiger partial charge in [-0.25, -0.2) is 14.8 Å². The van der Waals surface area contributed by atoms with Gasteiger partial charge in [-0.2, -0.15) is 5.26 Å². The van der Waals surface area contributed by atoms with Crippen molar-refractivity contribution in [2.45, 2.75) is 0 Å². The van der Waals surface area contributed by atoms with Gasteiger partial charge in [-0.05, 0) is 0 Å². The van der Waals surface area contributed by atoms with Crippen molar-refractivity contribution < 1.29 is 9.53 Å². The monoisotopic (exact) mass is 216 g/mol. The summed E-state index contributed by atoms with van der Waals surface area (Å²) in [5, 5.41) is 9.39. The van der Waals surface area contributed by atoms with E-state index in [1.54, 1.807) is 17.8 Å². The van der Waals surface area contributed by atoms with Crippen molar-refractivity contribution in [3.63, 3.8) is 0 Å². The fourth-order valence-electron chi connectivity index (χ4n) is 1.55. The molecule has 0 aliphatic carbocycles. The van der Waals surface area contributed by atoms with Crippen LogP contribution in [0.15, 0.2) is 12.5 Å². The third-order valence-electron chi connectivity index (χ3n) is 2.25. The molecule has 0 radical (unpaired) electrons. The second-order valence-electron chi connectivity index (χ2n) is 3.18. The summed E-state index contributed by atoms with van der Waals surface area (Å²) in [6.45, 7) is 0. The number of carbonyl (C=O) groups is 1. The summed E-state index contributed by atoms with van der Waals surface area (Å²) < 4.78 is 6.27. The molecule has 0 spiro atoms. The molecule has 2 heterocycles. The largest absolute Gasteiger partial charge is 0.464 e. The maximum Gasteiger partial charge on any atom is 0.357 e. The number of rotatable bonds is 1. The summed E-state index contributed by atoms with van der Waals surface area (Å²) in [6, 6.07) is 2.00. The summed E-state index contributed by atoms with van der Waals surface area (Å²) in [4.78, 5) is 19.3. The minimum absolute atomic E-state index is 0.115. The minimum atomic E-state index is -0.574. The molecular weight excluding hydrogens is 208 g/mol. The summed E-state index contributed by atoms with van der Waals surface area (Å²) in [5.41, 5.74) is 1.01. The van der Waals surface area contributed by atoms with Crippen molar-refractivity contribution >= 4 is 17.0 Å². The predicted molar refractivity (Wildman–Crippen MR) is 54.6 cm³/mol. The van der Waals surface area contributed by atoms with Crippen molar-refractivity contribution in [1.82, 2.24) is 14.5 Å². The first kappa shape index (κ1) is 10.1. The molecule has 2 aromatic heterocycles. The van der Waals surface area contributed by atoms with E-state index in [0.29, 0.717) is 16.6 Å². The first-order valence-electron chi connectivity index (χ1n) is 4.47. The van der Waals surface area contributed by atoms with Gasteiger partial charge in [-0.3, -0.25) is 0 Å². The number of fused-ring (bicyclic) bond motifs is 1. The second-order valence-corrected chi connectivity index (χ2v) is 3.18. The number of aromatic nitrogens is 3. The van der Waals surface area contributed by atoms with E-state index in [2.05, 4.69) is 14.7 Å². The summed E-state index contributed by atoms with van der Waals surface area (Å²) in [5.74, 6) is -0.574. The molecule has 0 aliphatic heterocycles. The molecule has 0 aromatic carbocycles. The second kappa shape index (κ2) is 3.62. The van der Waals surface area contributed by atoms with Gasteiger partial charge >= 0.3 is 5.97 Å². The lowest BCUT2D eigenvalue weighted by Crippen LogP contribution is -2.06. The summed E-state index contributed by atoms with van der Waals surface area (Å²) in [7, 11) is 3.02. The zero-order valence-electron chi connectivity index (χ0n) is 8.76. The first-order valence-corrected chi connectivity index (χ1v) is 4.47. The highest BCUT2D eigenvalue weighted by molar-refractivity contribution is 6.03. The van der Waals surface area contributed by atoms with Gasteiger partial charge in [0, 0.05) is 13.2 Å². The topological polar surface area (TPSA) is 80.8 Å². The minimum Gasteiger partial charge on any atom is -0.464 e. The molecule has 16 heavy (non-hydrogen) atoms. The van der Waals surface area contributed by atoms with Crippen LogP contribution in [0.5, 0.6) is 0 Å². The fraction of sp³-hybridized carbons (Fsp3) is 0.200. The highest BCUT2D eigenvalue weighted by atomic mass is 16.5. The van der Waals surface area contributed by atoms with Crippen LogP contribution < -0.4 is 0 Å². The van der Waals surface area contributed by atoms with E-state index in [-0.39, 0.29) is 5.69 Å². The molecule has 0 amide bonds. The van der Waals surface area contributed by atoms with Crippen LogP contribution in [0.3, 0.4) is 0 Å². The lowest BCUT2D eigenvalue weighted by atomic mass is 10.2. The molecule has 0 unspecified atom stereocenters. The maximum atomic E-state index is 11.5. The number of esters is 1. The molecule has 0 saturated carbocycles. The standard InChI is InChI=1S/C10H8N4O2/c1-14-4-6(3-11)7-8(10(15)16-2)12-5-13-9(7)14/h4-5H,1-2H3. The van der Waals surface area contributed by atoms with Crippen molar-refractivity contribution in [3.8, 4) is 6.07 Å². The van der Waals surface area contributed by atoms with Crippen LogP contribution in [0.4, 0.5) is 0 Å². The Morgan fingerprint density at radius 2 is 2.31 bits per heavy atom. The van der Waals surface area contributed by atoms with Gasteiger partial charge in [0.25, 0.3) is 0 Å². The van der Waals surface area contributed by atoms with E-state index in [1.165, 1.54) is 13.4 Å². The Bertz CT molecular complexity index is 609. The van der Waals surface area contributed by atoms with Crippen LogP contribution in [0.25, 0.3) is 11.0 Å². The third-order valence-corrected chi connectivity index (χ3v) is 2.25. The Hall–Kier alpha value is -2.42. The first-order chi connectivity index (χ1) is 7.69. The van der Waals surface area contributed by atoms with E-state index in [1.807, 2.05) is 6.07 Å². The summed E-state index contributed by atoms with van der Waals surface area (Å²) in [6.07, 6.45) is 2.88. The zero-order valence-corrected chi connectivity index (χ0v) is 8.76. The van der Waals surface area contributed by atoms with Gasteiger partial charge in [0.15, 0.2) is 5.69 Å². The molecule has 2 aromatic rings. The molecule has 6 nitrogen and oxygen atoms in total. The van der Waals surface area contributed by atoms with Crippen molar-refractivity contribution in [1.29, 1.82) is 5.26 Å². The molecule has 0 fully saturated rings. The van der Waals surface area contributed by atoms with Crippen LogP contribution in [0, 0.1) is 11.3 Å². The smallest absolute Gasteiger partial charge is 0.357 e. The molecule has 0 bridgehead atoms. The van der Waals surface area contributed by atoms with Crippen LogP contribution in [0.2, 0.25) is 0 Å². The number of aryl methyl sites for hydroxylation is 1. The summed E-state index contributed by atoms with van der Waals surface area (Å²) >= 11 is 0. The number of ether oxygens (including phenoxy) is 1. The lowest BCUT2D eigenvalue weighted by Gasteiger charge is -2.00. The molecule has 6 heteroatoms. The van der Waals surface area contributed by atoms with Gasteiger partial charge in [-0.15, -0.1) is 0 Å². The highest BCUT2D eigenvalue weighted by Crippen LogP contribution is 2.20. The third kappa shape index (κ3) is 1.30. The van der Waals surface area contributed by atoms with E-state index in [4.69, 9.17) is 5.26 Å². The lowest BCUT2D eigenvalue weighted by molar-refractivity contribution is 0.0596.